The molecule has 1 saturated carbocycles. The molecule has 1 fully saturated rings. The Morgan fingerprint density at radius 3 is 2.28 bits per heavy atom. The molecule has 3 aromatic rings. The van der Waals surface area contributed by atoms with Gasteiger partial charge in [0, 0.05) is 11.7 Å². The Hall–Kier alpha value is -3.19. The summed E-state index contributed by atoms with van der Waals surface area (Å²) in [5, 5.41) is 4.09. The van der Waals surface area contributed by atoms with Crippen molar-refractivity contribution < 1.29 is 14.3 Å². The number of aromatic nitrogens is 1. The minimum absolute atomic E-state index is 0.124. The number of hydrogen-bond acceptors (Lipinski definition) is 5. The van der Waals surface area contributed by atoms with Crippen LogP contribution in [0, 0.1) is 13.8 Å². The van der Waals surface area contributed by atoms with Gasteiger partial charge >= 0.3 is 0 Å². The van der Waals surface area contributed by atoms with Crippen LogP contribution in [-0.4, -0.2) is 29.9 Å². The van der Waals surface area contributed by atoms with E-state index in [1.54, 1.807) is 12.0 Å². The van der Waals surface area contributed by atoms with Gasteiger partial charge in [0.25, 0.3) is 5.91 Å². The van der Waals surface area contributed by atoms with Crippen molar-refractivity contribution in [3.63, 3.8) is 0 Å². The van der Waals surface area contributed by atoms with E-state index in [1.807, 2.05) is 62.4 Å². The number of anilines is 1. The van der Waals surface area contributed by atoms with E-state index in [0.29, 0.717) is 22.0 Å². The van der Waals surface area contributed by atoms with E-state index in [0.717, 1.165) is 42.7 Å². The van der Waals surface area contributed by atoms with Gasteiger partial charge in [-0.25, -0.2) is 4.98 Å². The predicted molar refractivity (Wildman–Crippen MR) is 145 cm³/mol. The van der Waals surface area contributed by atoms with Crippen LogP contribution in [0.5, 0.6) is 5.75 Å². The number of aryl methyl sites for hydroxylation is 3. The number of methoxy groups -OCH3 is 1. The lowest BCUT2D eigenvalue weighted by atomic mass is 9.94. The van der Waals surface area contributed by atoms with Crippen LogP contribution < -0.4 is 15.0 Å². The van der Waals surface area contributed by atoms with Crippen molar-refractivity contribution in [2.24, 2.45) is 0 Å². The standard InChI is InChI=1S/C29H35N3O3S/c1-5-21-11-15-24(16-12-21)32(29(34)27-19(2)30-20(3)36-27)26(22-13-17-25(35-4)18-14-22)28(33)31-23-9-7-6-8-10-23/h11-18,23,26H,5-10H2,1-4H3,(H,31,33). The fraction of sp³-hybridized carbons (Fsp3) is 0.414. The van der Waals surface area contributed by atoms with Crippen molar-refractivity contribution in [1.82, 2.24) is 10.3 Å². The molecule has 0 saturated heterocycles. The molecule has 7 heteroatoms. The van der Waals surface area contributed by atoms with Crippen LogP contribution in [0.4, 0.5) is 5.69 Å². The van der Waals surface area contributed by atoms with Crippen LogP contribution in [0.25, 0.3) is 0 Å². The van der Waals surface area contributed by atoms with Crippen molar-refractivity contribution in [1.29, 1.82) is 0 Å². The Morgan fingerprint density at radius 2 is 1.72 bits per heavy atom. The first-order chi connectivity index (χ1) is 17.4. The molecule has 1 atom stereocenters. The molecule has 0 aliphatic heterocycles. The molecular formula is C29H35N3O3S. The van der Waals surface area contributed by atoms with E-state index < -0.39 is 6.04 Å². The van der Waals surface area contributed by atoms with Gasteiger partial charge in [-0.1, -0.05) is 50.5 Å². The number of hydrogen-bond donors (Lipinski definition) is 1. The quantitative estimate of drug-likeness (QED) is 0.398. The zero-order chi connectivity index (χ0) is 25.7. The number of carbonyl (C=O) groups excluding carboxylic acids is 2. The van der Waals surface area contributed by atoms with E-state index >= 15 is 0 Å². The van der Waals surface area contributed by atoms with Crippen molar-refractivity contribution in [3.05, 3.63) is 75.2 Å². The first kappa shape index (κ1) is 25.9. The average Bonchev–Trinajstić information content (AvgIpc) is 3.25. The largest absolute Gasteiger partial charge is 0.497 e. The summed E-state index contributed by atoms with van der Waals surface area (Å²) in [4.78, 5) is 34.8. The molecule has 6 nitrogen and oxygen atoms in total. The number of nitrogens with one attached hydrogen (secondary N) is 1. The van der Waals surface area contributed by atoms with Gasteiger partial charge in [-0.05, 0) is 68.5 Å². The third-order valence-corrected chi connectivity index (χ3v) is 7.89. The molecule has 190 valence electrons. The zero-order valence-electron chi connectivity index (χ0n) is 21.5. The van der Waals surface area contributed by atoms with Crippen LogP contribution in [0.3, 0.4) is 0 Å². The summed E-state index contributed by atoms with van der Waals surface area (Å²) >= 11 is 1.37. The SMILES string of the molecule is CCc1ccc(N(C(=O)c2sc(C)nc2C)C(C(=O)NC2CCCCC2)c2ccc(OC)cc2)cc1. The summed E-state index contributed by atoms with van der Waals surface area (Å²) in [5.41, 5.74) is 3.26. The molecule has 1 aliphatic carbocycles. The number of benzene rings is 2. The molecule has 1 N–H and O–H groups in total. The second kappa shape index (κ2) is 11.7. The van der Waals surface area contributed by atoms with Gasteiger partial charge in [0.05, 0.1) is 17.8 Å². The molecule has 1 aliphatic rings. The first-order valence-corrected chi connectivity index (χ1v) is 13.5. The van der Waals surface area contributed by atoms with Crippen molar-refractivity contribution in [2.45, 2.75) is 71.4 Å². The molecule has 4 rings (SSSR count). The first-order valence-electron chi connectivity index (χ1n) is 12.7. The summed E-state index contributed by atoms with van der Waals surface area (Å²) in [6, 6.07) is 14.6. The highest BCUT2D eigenvalue weighted by Gasteiger charge is 2.36. The number of carbonyl (C=O) groups is 2. The lowest BCUT2D eigenvalue weighted by molar-refractivity contribution is -0.123. The highest BCUT2D eigenvalue weighted by molar-refractivity contribution is 7.13. The minimum atomic E-state index is -0.834. The van der Waals surface area contributed by atoms with Gasteiger partial charge in [-0.2, -0.15) is 0 Å². The number of thiazole rings is 1. The van der Waals surface area contributed by atoms with Crippen LogP contribution >= 0.6 is 11.3 Å². The lowest BCUT2D eigenvalue weighted by Crippen LogP contribution is -2.47. The lowest BCUT2D eigenvalue weighted by Gasteiger charge is -2.33. The van der Waals surface area contributed by atoms with Crippen molar-refractivity contribution in [3.8, 4) is 5.75 Å². The van der Waals surface area contributed by atoms with Gasteiger partial charge < -0.3 is 10.1 Å². The Labute approximate surface area is 217 Å². The maximum atomic E-state index is 14.2. The Bertz CT molecular complexity index is 1180. The summed E-state index contributed by atoms with van der Waals surface area (Å²) in [5.74, 6) is 0.310. The minimum Gasteiger partial charge on any atom is -0.497 e. The smallest absolute Gasteiger partial charge is 0.271 e. The monoisotopic (exact) mass is 505 g/mol. The zero-order valence-corrected chi connectivity index (χ0v) is 22.4. The third kappa shape index (κ3) is 5.78. The van der Waals surface area contributed by atoms with Crippen molar-refractivity contribution >= 4 is 28.8 Å². The van der Waals surface area contributed by atoms with Crippen LogP contribution in [-0.2, 0) is 11.2 Å². The number of amides is 2. The molecule has 36 heavy (non-hydrogen) atoms. The fourth-order valence-electron chi connectivity index (χ4n) is 4.85. The second-order valence-electron chi connectivity index (χ2n) is 9.36. The Balaban J connectivity index is 1.81. The summed E-state index contributed by atoms with van der Waals surface area (Å²) < 4.78 is 5.35. The van der Waals surface area contributed by atoms with E-state index in [9.17, 15) is 9.59 Å². The van der Waals surface area contributed by atoms with Crippen molar-refractivity contribution in [2.75, 3.05) is 12.0 Å². The Morgan fingerprint density at radius 1 is 1.06 bits per heavy atom. The van der Waals surface area contributed by atoms with Gasteiger partial charge in [0.15, 0.2) is 0 Å². The molecular weight excluding hydrogens is 470 g/mol. The third-order valence-electron chi connectivity index (χ3n) is 6.83. The number of ether oxygens (including phenoxy) is 1. The molecule has 1 heterocycles. The maximum Gasteiger partial charge on any atom is 0.271 e. The van der Waals surface area contributed by atoms with Crippen LogP contribution in [0.1, 0.15) is 76.6 Å². The number of rotatable bonds is 8. The fourth-order valence-corrected chi connectivity index (χ4v) is 5.70. The maximum absolute atomic E-state index is 14.2. The molecule has 0 bridgehead atoms. The second-order valence-corrected chi connectivity index (χ2v) is 10.6. The molecule has 0 radical (unpaired) electrons. The normalized spacial score (nSPS) is 14.8. The van der Waals surface area contributed by atoms with E-state index in [1.165, 1.54) is 23.3 Å². The summed E-state index contributed by atoms with van der Waals surface area (Å²) in [6.07, 6.45) is 6.25. The van der Waals surface area contributed by atoms with Crippen LogP contribution in [0.15, 0.2) is 48.5 Å². The van der Waals surface area contributed by atoms with E-state index in [4.69, 9.17) is 4.74 Å². The Kier molecular flexibility index (Phi) is 8.41. The average molecular weight is 506 g/mol. The highest BCUT2D eigenvalue weighted by atomic mass is 32.1. The molecule has 1 aromatic heterocycles. The van der Waals surface area contributed by atoms with Gasteiger partial charge in [-0.3, -0.25) is 14.5 Å². The van der Waals surface area contributed by atoms with E-state index in [2.05, 4.69) is 17.2 Å². The van der Waals surface area contributed by atoms with Gasteiger partial charge in [0.1, 0.15) is 16.7 Å². The van der Waals surface area contributed by atoms with Gasteiger partial charge in [0.2, 0.25) is 5.91 Å². The van der Waals surface area contributed by atoms with E-state index in [-0.39, 0.29) is 17.9 Å². The molecule has 1 unspecified atom stereocenters. The molecule has 2 amide bonds. The van der Waals surface area contributed by atoms with Crippen LogP contribution in [0.2, 0.25) is 0 Å². The topological polar surface area (TPSA) is 71.5 Å². The molecule has 0 spiro atoms. The predicted octanol–water partition coefficient (Wildman–Crippen LogP) is 6.17. The van der Waals surface area contributed by atoms with Gasteiger partial charge in [-0.15, -0.1) is 11.3 Å². The summed E-state index contributed by atoms with van der Waals surface area (Å²) in [6.45, 7) is 5.84. The molecule has 2 aromatic carbocycles. The number of nitrogens with zero attached hydrogens (tertiary/aromatic N) is 2. The highest BCUT2D eigenvalue weighted by Crippen LogP contribution is 2.33. The summed E-state index contributed by atoms with van der Waals surface area (Å²) in [7, 11) is 1.61.